The molecule has 1 aromatic heterocycles. The fourth-order valence-corrected chi connectivity index (χ4v) is 3.74. The van der Waals surface area contributed by atoms with Gasteiger partial charge in [-0.15, -0.1) is 0 Å². The van der Waals surface area contributed by atoms with Crippen molar-refractivity contribution in [1.29, 1.82) is 0 Å². The van der Waals surface area contributed by atoms with Crippen molar-refractivity contribution in [2.75, 3.05) is 51.7 Å². The highest BCUT2D eigenvalue weighted by Crippen LogP contribution is 2.20. The van der Waals surface area contributed by atoms with Crippen molar-refractivity contribution >= 4 is 11.8 Å². The van der Waals surface area contributed by atoms with Gasteiger partial charge in [0.25, 0.3) is 0 Å². The number of pyridine rings is 1. The van der Waals surface area contributed by atoms with Crippen LogP contribution in [0.25, 0.3) is 0 Å². The standard InChI is InChI=1S/C21H34N6/c1-22-21(24-12-10-18-7-4-3-5-8-18)25-17-19-9-6-11-23-20(19)27-15-13-26(2)14-16-27/h6-7,9,11H,3-5,8,10,12-17H2,1-2H3,(H2,22,24,25). The van der Waals surface area contributed by atoms with E-state index in [1.807, 2.05) is 19.3 Å². The Hall–Kier alpha value is -2.08. The molecule has 27 heavy (non-hydrogen) atoms. The van der Waals surface area contributed by atoms with Crippen LogP contribution in [0.4, 0.5) is 5.82 Å². The first-order valence-electron chi connectivity index (χ1n) is 10.3. The lowest BCUT2D eigenvalue weighted by Crippen LogP contribution is -2.45. The highest BCUT2D eigenvalue weighted by molar-refractivity contribution is 5.79. The molecule has 1 aliphatic carbocycles. The zero-order chi connectivity index (χ0) is 18.9. The van der Waals surface area contributed by atoms with E-state index in [1.54, 1.807) is 5.57 Å². The number of anilines is 1. The summed E-state index contributed by atoms with van der Waals surface area (Å²) in [6, 6.07) is 4.18. The summed E-state index contributed by atoms with van der Waals surface area (Å²) in [7, 11) is 4.01. The van der Waals surface area contributed by atoms with Crippen LogP contribution >= 0.6 is 0 Å². The fourth-order valence-electron chi connectivity index (χ4n) is 3.74. The second-order valence-electron chi connectivity index (χ2n) is 7.49. The average Bonchev–Trinajstić information content (AvgIpc) is 2.72. The Morgan fingerprint density at radius 2 is 2.04 bits per heavy atom. The predicted molar refractivity (Wildman–Crippen MR) is 113 cm³/mol. The monoisotopic (exact) mass is 370 g/mol. The summed E-state index contributed by atoms with van der Waals surface area (Å²) < 4.78 is 0. The zero-order valence-corrected chi connectivity index (χ0v) is 16.9. The number of hydrogen-bond acceptors (Lipinski definition) is 4. The number of aromatic nitrogens is 1. The molecule has 0 atom stereocenters. The van der Waals surface area contributed by atoms with Gasteiger partial charge in [0.1, 0.15) is 5.82 Å². The Kier molecular flexibility index (Phi) is 7.51. The highest BCUT2D eigenvalue weighted by atomic mass is 15.3. The second-order valence-corrected chi connectivity index (χ2v) is 7.49. The van der Waals surface area contributed by atoms with Crippen LogP contribution in [-0.2, 0) is 6.54 Å². The smallest absolute Gasteiger partial charge is 0.191 e. The molecule has 0 saturated carbocycles. The Morgan fingerprint density at radius 3 is 2.78 bits per heavy atom. The second kappa shape index (κ2) is 10.3. The Morgan fingerprint density at radius 1 is 1.19 bits per heavy atom. The van der Waals surface area contributed by atoms with Crippen LogP contribution in [0.3, 0.4) is 0 Å². The molecule has 0 amide bonds. The number of hydrogen-bond donors (Lipinski definition) is 2. The molecule has 3 rings (SSSR count). The molecule has 2 N–H and O–H groups in total. The van der Waals surface area contributed by atoms with E-state index in [9.17, 15) is 0 Å². The molecule has 2 aliphatic rings. The largest absolute Gasteiger partial charge is 0.356 e. The summed E-state index contributed by atoms with van der Waals surface area (Å²) in [5.74, 6) is 1.96. The minimum absolute atomic E-state index is 0.734. The molecule has 0 radical (unpaired) electrons. The molecule has 0 bridgehead atoms. The molecule has 2 heterocycles. The molecule has 0 aromatic carbocycles. The maximum Gasteiger partial charge on any atom is 0.191 e. The van der Waals surface area contributed by atoms with Gasteiger partial charge in [-0.2, -0.15) is 0 Å². The first-order valence-corrected chi connectivity index (χ1v) is 10.3. The van der Waals surface area contributed by atoms with Crippen molar-refractivity contribution in [2.45, 2.75) is 38.6 Å². The van der Waals surface area contributed by atoms with Crippen molar-refractivity contribution in [2.24, 2.45) is 4.99 Å². The van der Waals surface area contributed by atoms with E-state index >= 15 is 0 Å². The molecule has 0 unspecified atom stereocenters. The van der Waals surface area contributed by atoms with Gasteiger partial charge in [0.15, 0.2) is 5.96 Å². The van der Waals surface area contributed by atoms with Crippen LogP contribution < -0.4 is 15.5 Å². The van der Waals surface area contributed by atoms with Gasteiger partial charge >= 0.3 is 0 Å². The van der Waals surface area contributed by atoms with Crippen molar-refractivity contribution in [3.05, 3.63) is 35.5 Å². The van der Waals surface area contributed by atoms with Crippen LogP contribution in [0.5, 0.6) is 0 Å². The molecule has 1 aromatic rings. The van der Waals surface area contributed by atoms with Gasteiger partial charge < -0.3 is 20.4 Å². The summed E-state index contributed by atoms with van der Waals surface area (Å²) in [5.41, 5.74) is 2.81. The maximum absolute atomic E-state index is 4.65. The predicted octanol–water partition coefficient (Wildman–Crippen LogP) is 2.39. The summed E-state index contributed by atoms with van der Waals surface area (Å²) in [4.78, 5) is 13.8. The van der Waals surface area contributed by atoms with Crippen molar-refractivity contribution in [3.8, 4) is 0 Å². The van der Waals surface area contributed by atoms with Crippen molar-refractivity contribution in [3.63, 3.8) is 0 Å². The van der Waals surface area contributed by atoms with E-state index in [0.717, 1.165) is 57.5 Å². The third-order valence-electron chi connectivity index (χ3n) is 5.46. The van der Waals surface area contributed by atoms with E-state index in [0.29, 0.717) is 0 Å². The number of piperazine rings is 1. The molecule has 1 aliphatic heterocycles. The van der Waals surface area contributed by atoms with Crippen LogP contribution in [0.1, 0.15) is 37.7 Å². The topological polar surface area (TPSA) is 55.8 Å². The van der Waals surface area contributed by atoms with E-state index < -0.39 is 0 Å². The Labute approximate surface area is 163 Å². The number of aliphatic imine (C=N–C) groups is 1. The molecule has 1 fully saturated rings. The number of rotatable bonds is 6. The number of nitrogens with one attached hydrogen (secondary N) is 2. The lowest BCUT2D eigenvalue weighted by Gasteiger charge is -2.34. The average molecular weight is 371 g/mol. The third-order valence-corrected chi connectivity index (χ3v) is 5.46. The molecule has 0 spiro atoms. The van der Waals surface area contributed by atoms with Crippen molar-refractivity contribution in [1.82, 2.24) is 20.5 Å². The van der Waals surface area contributed by atoms with Crippen LogP contribution in [0.15, 0.2) is 35.0 Å². The van der Waals surface area contributed by atoms with Crippen LogP contribution in [0, 0.1) is 0 Å². The van der Waals surface area contributed by atoms with E-state index in [2.05, 4.69) is 49.6 Å². The van der Waals surface area contributed by atoms with Gasteiger partial charge in [0.2, 0.25) is 0 Å². The van der Waals surface area contributed by atoms with Gasteiger partial charge in [-0.05, 0) is 45.2 Å². The van der Waals surface area contributed by atoms with Gasteiger partial charge in [-0.25, -0.2) is 4.98 Å². The molecule has 148 valence electrons. The molecular weight excluding hydrogens is 336 g/mol. The quantitative estimate of drug-likeness (QED) is 0.457. The van der Waals surface area contributed by atoms with Crippen LogP contribution in [-0.4, -0.2) is 62.7 Å². The summed E-state index contributed by atoms with van der Waals surface area (Å²) in [6.07, 6.45) is 10.6. The molecule has 1 saturated heterocycles. The van der Waals surface area contributed by atoms with Gasteiger partial charge in [-0.3, -0.25) is 4.99 Å². The van der Waals surface area contributed by atoms with Gasteiger partial charge in [-0.1, -0.05) is 17.7 Å². The first kappa shape index (κ1) is 19.7. The number of nitrogens with zero attached hydrogens (tertiary/aromatic N) is 4. The lowest BCUT2D eigenvalue weighted by molar-refractivity contribution is 0.312. The van der Waals surface area contributed by atoms with Crippen molar-refractivity contribution < 1.29 is 0 Å². The van der Waals surface area contributed by atoms with Crippen LogP contribution in [0.2, 0.25) is 0 Å². The van der Waals surface area contributed by atoms with Gasteiger partial charge in [0.05, 0.1) is 0 Å². The number of likely N-dealkylation sites (N-methyl/N-ethyl adjacent to an activating group) is 1. The normalized spacial score (nSPS) is 19.0. The first-order chi connectivity index (χ1) is 13.3. The number of allylic oxidation sites excluding steroid dienone is 1. The molecule has 6 heteroatoms. The van der Waals surface area contributed by atoms with E-state index in [1.165, 1.54) is 31.2 Å². The lowest BCUT2D eigenvalue weighted by atomic mass is 9.97. The number of guanidine groups is 1. The summed E-state index contributed by atoms with van der Waals surface area (Å²) in [6.45, 7) is 5.90. The minimum atomic E-state index is 0.734. The van der Waals surface area contributed by atoms with E-state index in [-0.39, 0.29) is 0 Å². The Balaban J connectivity index is 1.50. The minimum Gasteiger partial charge on any atom is -0.356 e. The maximum atomic E-state index is 4.65. The Bertz CT molecular complexity index is 646. The molecular formula is C21H34N6. The van der Waals surface area contributed by atoms with E-state index in [4.69, 9.17) is 0 Å². The third kappa shape index (κ3) is 5.96. The zero-order valence-electron chi connectivity index (χ0n) is 16.9. The SMILES string of the molecule is CN=C(NCCC1=CCCCC1)NCc1cccnc1N1CCN(C)CC1. The highest BCUT2D eigenvalue weighted by Gasteiger charge is 2.18. The fraction of sp³-hybridized carbons (Fsp3) is 0.619. The summed E-state index contributed by atoms with van der Waals surface area (Å²) in [5, 5.41) is 6.90. The molecule has 6 nitrogen and oxygen atoms in total. The van der Waals surface area contributed by atoms with Gasteiger partial charge in [0, 0.05) is 58.1 Å². The summed E-state index contributed by atoms with van der Waals surface area (Å²) >= 11 is 0.